The van der Waals surface area contributed by atoms with Crippen molar-refractivity contribution in [3.05, 3.63) is 22.8 Å². The second kappa shape index (κ2) is 5.82. The lowest BCUT2D eigenvalue weighted by Crippen LogP contribution is -2.35. The Morgan fingerprint density at radius 1 is 1.05 bits per heavy atom. The number of amides is 1. The van der Waals surface area contributed by atoms with Gasteiger partial charge < -0.3 is 14.8 Å². The largest absolute Gasteiger partial charge is 0.493 e. The van der Waals surface area contributed by atoms with Gasteiger partial charge in [-0.05, 0) is 18.9 Å². The van der Waals surface area contributed by atoms with Crippen LogP contribution in [0.25, 0.3) is 0 Å². The van der Waals surface area contributed by atoms with Gasteiger partial charge in [0.1, 0.15) is 11.5 Å². The van der Waals surface area contributed by atoms with E-state index < -0.39 is 0 Å². The first-order chi connectivity index (χ1) is 10.8. The molecule has 1 saturated carbocycles. The zero-order valence-electron chi connectivity index (χ0n) is 13.0. The van der Waals surface area contributed by atoms with Crippen molar-refractivity contribution in [2.45, 2.75) is 57.4 Å². The molecule has 2 heterocycles. The van der Waals surface area contributed by atoms with Gasteiger partial charge in [0.25, 0.3) is 5.91 Å². The smallest absolute Gasteiger partial charge is 0.255 e. The van der Waals surface area contributed by atoms with Gasteiger partial charge in [0.05, 0.1) is 18.8 Å². The molecular weight excluding hydrogens is 278 g/mol. The quantitative estimate of drug-likeness (QED) is 0.854. The van der Waals surface area contributed by atoms with E-state index in [1.54, 1.807) is 0 Å². The third-order valence-corrected chi connectivity index (χ3v) is 5.07. The van der Waals surface area contributed by atoms with Crippen molar-refractivity contribution < 1.29 is 14.3 Å². The van der Waals surface area contributed by atoms with Crippen LogP contribution in [0.15, 0.2) is 6.07 Å². The Labute approximate surface area is 131 Å². The topological polar surface area (TPSA) is 47.6 Å². The van der Waals surface area contributed by atoms with Crippen LogP contribution in [0, 0.1) is 0 Å². The van der Waals surface area contributed by atoms with E-state index in [2.05, 4.69) is 11.4 Å². The standard InChI is InChI=1S/C18H23NO3/c20-18(19-13-5-3-1-2-4-6-13)16-14-8-10-21-15(14)11-12-7-9-22-17(12)16/h11,13H,1-10H2,(H,19,20). The van der Waals surface area contributed by atoms with Crippen LogP contribution in [0.3, 0.4) is 0 Å². The molecule has 0 bridgehead atoms. The Bertz CT molecular complexity index is 556. The number of hydrogen-bond donors (Lipinski definition) is 1. The molecule has 1 aliphatic carbocycles. The molecule has 3 aliphatic rings. The number of carbonyl (C=O) groups excluding carboxylic acids is 1. The van der Waals surface area contributed by atoms with E-state index in [4.69, 9.17) is 9.47 Å². The lowest BCUT2D eigenvalue weighted by molar-refractivity contribution is 0.0929. The van der Waals surface area contributed by atoms with Gasteiger partial charge in [0.15, 0.2) is 0 Å². The van der Waals surface area contributed by atoms with Gasteiger partial charge >= 0.3 is 0 Å². The maximum atomic E-state index is 12.9. The highest BCUT2D eigenvalue weighted by Crippen LogP contribution is 2.40. The van der Waals surface area contributed by atoms with E-state index in [-0.39, 0.29) is 5.91 Å². The number of hydrogen-bond acceptors (Lipinski definition) is 3. The van der Waals surface area contributed by atoms with Gasteiger partial charge in [-0.1, -0.05) is 25.7 Å². The fraction of sp³-hybridized carbons (Fsp3) is 0.611. The number of rotatable bonds is 2. The first kappa shape index (κ1) is 13.9. The van der Waals surface area contributed by atoms with E-state index in [0.717, 1.165) is 53.9 Å². The Kier molecular flexibility index (Phi) is 3.68. The van der Waals surface area contributed by atoms with Crippen LogP contribution in [0.4, 0.5) is 0 Å². The van der Waals surface area contributed by atoms with Crippen LogP contribution in [-0.2, 0) is 12.8 Å². The molecule has 0 aromatic heterocycles. The Morgan fingerprint density at radius 2 is 1.82 bits per heavy atom. The number of nitrogens with one attached hydrogen (secondary N) is 1. The van der Waals surface area contributed by atoms with Crippen LogP contribution in [-0.4, -0.2) is 25.2 Å². The van der Waals surface area contributed by atoms with Crippen molar-refractivity contribution in [2.24, 2.45) is 0 Å². The third kappa shape index (κ3) is 2.44. The maximum Gasteiger partial charge on any atom is 0.255 e. The zero-order valence-corrected chi connectivity index (χ0v) is 13.0. The number of benzene rings is 1. The van der Waals surface area contributed by atoms with Gasteiger partial charge in [-0.2, -0.15) is 0 Å². The average Bonchev–Trinajstić information content (AvgIpc) is 3.09. The third-order valence-electron chi connectivity index (χ3n) is 5.07. The number of ether oxygens (including phenoxy) is 2. The summed E-state index contributed by atoms with van der Waals surface area (Å²) in [6.45, 7) is 1.34. The summed E-state index contributed by atoms with van der Waals surface area (Å²) in [7, 11) is 0. The molecular formula is C18H23NO3. The minimum absolute atomic E-state index is 0.0346. The molecule has 0 unspecified atom stereocenters. The highest BCUT2D eigenvalue weighted by Gasteiger charge is 2.31. The van der Waals surface area contributed by atoms with Crippen molar-refractivity contribution in [3.8, 4) is 11.5 Å². The van der Waals surface area contributed by atoms with Crippen molar-refractivity contribution >= 4 is 5.91 Å². The van der Waals surface area contributed by atoms with Crippen molar-refractivity contribution in [3.63, 3.8) is 0 Å². The molecule has 4 nitrogen and oxygen atoms in total. The summed E-state index contributed by atoms with van der Waals surface area (Å²) in [5, 5.41) is 3.26. The molecule has 2 aliphatic heterocycles. The molecule has 1 N–H and O–H groups in total. The molecule has 22 heavy (non-hydrogen) atoms. The summed E-state index contributed by atoms with van der Waals surface area (Å²) in [5.41, 5.74) is 2.89. The molecule has 1 aromatic rings. The number of fused-ring (bicyclic) bond motifs is 2. The zero-order chi connectivity index (χ0) is 14.9. The van der Waals surface area contributed by atoms with E-state index in [1.807, 2.05) is 0 Å². The van der Waals surface area contributed by atoms with Gasteiger partial charge in [0.2, 0.25) is 0 Å². The molecule has 0 spiro atoms. The van der Waals surface area contributed by atoms with Crippen LogP contribution < -0.4 is 14.8 Å². The average molecular weight is 301 g/mol. The van der Waals surface area contributed by atoms with Crippen LogP contribution in [0.5, 0.6) is 11.5 Å². The maximum absolute atomic E-state index is 12.9. The summed E-state index contributed by atoms with van der Waals surface area (Å²) < 4.78 is 11.5. The summed E-state index contributed by atoms with van der Waals surface area (Å²) in [6.07, 6.45) is 8.89. The minimum Gasteiger partial charge on any atom is -0.493 e. The van der Waals surface area contributed by atoms with E-state index in [0.29, 0.717) is 19.3 Å². The summed E-state index contributed by atoms with van der Waals surface area (Å²) in [4.78, 5) is 12.9. The lowest BCUT2D eigenvalue weighted by Gasteiger charge is -2.18. The highest BCUT2D eigenvalue weighted by molar-refractivity contribution is 6.00. The lowest BCUT2D eigenvalue weighted by atomic mass is 9.98. The molecule has 0 atom stereocenters. The molecule has 1 amide bonds. The van der Waals surface area contributed by atoms with E-state index in [1.165, 1.54) is 25.7 Å². The summed E-state index contributed by atoms with van der Waals surface area (Å²) in [6, 6.07) is 2.37. The van der Waals surface area contributed by atoms with Crippen LogP contribution in [0.1, 0.15) is 60.0 Å². The minimum atomic E-state index is 0.0346. The Balaban J connectivity index is 1.62. The first-order valence-electron chi connectivity index (χ1n) is 8.58. The Hall–Kier alpha value is -1.71. The predicted molar refractivity (Wildman–Crippen MR) is 83.8 cm³/mol. The fourth-order valence-corrected chi connectivity index (χ4v) is 3.91. The molecule has 1 aromatic carbocycles. The van der Waals surface area contributed by atoms with Gasteiger partial charge in [-0.15, -0.1) is 0 Å². The Morgan fingerprint density at radius 3 is 2.64 bits per heavy atom. The molecule has 4 rings (SSSR count). The van der Waals surface area contributed by atoms with E-state index >= 15 is 0 Å². The number of carbonyl (C=O) groups is 1. The van der Waals surface area contributed by atoms with Gasteiger partial charge in [0, 0.05) is 30.0 Å². The molecule has 0 saturated heterocycles. The first-order valence-corrected chi connectivity index (χ1v) is 8.58. The monoisotopic (exact) mass is 301 g/mol. The van der Waals surface area contributed by atoms with Crippen LogP contribution in [0.2, 0.25) is 0 Å². The molecule has 1 fully saturated rings. The second-order valence-corrected chi connectivity index (χ2v) is 6.58. The van der Waals surface area contributed by atoms with Gasteiger partial charge in [-0.3, -0.25) is 4.79 Å². The second-order valence-electron chi connectivity index (χ2n) is 6.58. The van der Waals surface area contributed by atoms with Crippen molar-refractivity contribution in [1.82, 2.24) is 5.32 Å². The normalized spacial score (nSPS) is 20.5. The molecule has 0 radical (unpaired) electrons. The van der Waals surface area contributed by atoms with Crippen molar-refractivity contribution in [1.29, 1.82) is 0 Å². The summed E-state index contributed by atoms with van der Waals surface area (Å²) in [5.74, 6) is 1.72. The highest BCUT2D eigenvalue weighted by atomic mass is 16.5. The molecule has 4 heteroatoms. The summed E-state index contributed by atoms with van der Waals surface area (Å²) >= 11 is 0. The van der Waals surface area contributed by atoms with Gasteiger partial charge in [-0.25, -0.2) is 0 Å². The van der Waals surface area contributed by atoms with Crippen molar-refractivity contribution in [2.75, 3.05) is 13.2 Å². The van der Waals surface area contributed by atoms with Crippen LogP contribution >= 0.6 is 0 Å². The fourth-order valence-electron chi connectivity index (χ4n) is 3.91. The SMILES string of the molecule is O=C(NC1CCCCCC1)c1c2c(cc3c1OCC3)OCC2. The van der Waals surface area contributed by atoms with E-state index in [9.17, 15) is 4.79 Å². The predicted octanol–water partition coefficient (Wildman–Crippen LogP) is 3.01. The molecule has 118 valence electrons.